The van der Waals surface area contributed by atoms with Crippen molar-refractivity contribution in [3.8, 4) is 0 Å². The van der Waals surface area contributed by atoms with Gasteiger partial charge in [0, 0.05) is 25.7 Å². The van der Waals surface area contributed by atoms with E-state index in [2.05, 4.69) is 0 Å². The van der Waals surface area contributed by atoms with Gasteiger partial charge in [0.2, 0.25) is 12.4 Å². The van der Waals surface area contributed by atoms with Gasteiger partial charge in [-0.25, -0.2) is 4.79 Å². The van der Waals surface area contributed by atoms with Crippen LogP contribution < -0.4 is 0 Å². The molecule has 1 aliphatic heterocycles. The van der Waals surface area contributed by atoms with Crippen LogP contribution in [0.15, 0.2) is 0 Å². The third-order valence-electron chi connectivity index (χ3n) is 3.82. The summed E-state index contributed by atoms with van der Waals surface area (Å²) in [5.41, 5.74) is 0. The van der Waals surface area contributed by atoms with E-state index in [1.807, 2.05) is 0 Å². The second-order valence-electron chi connectivity index (χ2n) is 6.29. The minimum absolute atomic E-state index is 0.0908. The molecule has 0 aromatic rings. The Labute approximate surface area is 158 Å². The number of carboxylic acids is 1. The molecule has 0 amide bonds. The molecule has 0 aliphatic carbocycles. The van der Waals surface area contributed by atoms with Gasteiger partial charge in [0.1, 0.15) is 6.10 Å². The Morgan fingerprint density at radius 3 is 1.81 bits per heavy atom. The molecule has 1 N–H and O–H groups in total. The summed E-state index contributed by atoms with van der Waals surface area (Å²) < 4.78 is 21.2. The second-order valence-corrected chi connectivity index (χ2v) is 6.29. The predicted octanol–water partition coefficient (Wildman–Crippen LogP) is 1.95. The number of aliphatic carboxylic acids is 1. The number of esters is 3. The summed E-state index contributed by atoms with van der Waals surface area (Å²) in [4.78, 5) is 47.1. The van der Waals surface area contributed by atoms with Crippen molar-refractivity contribution in [2.75, 3.05) is 0 Å². The Morgan fingerprint density at radius 2 is 1.33 bits per heavy atom. The lowest BCUT2D eigenvalue weighted by molar-refractivity contribution is -0.268. The summed E-state index contributed by atoms with van der Waals surface area (Å²) in [6, 6.07) is 0. The lowest BCUT2D eigenvalue weighted by Crippen LogP contribution is -2.55. The van der Waals surface area contributed by atoms with E-state index in [9.17, 15) is 24.3 Å². The number of ether oxygens (including phenoxy) is 4. The largest absolute Gasteiger partial charge is 0.479 e. The Hall–Kier alpha value is -2.16. The zero-order chi connectivity index (χ0) is 20.4. The van der Waals surface area contributed by atoms with Crippen molar-refractivity contribution in [2.24, 2.45) is 0 Å². The molecule has 9 heteroatoms. The average molecular weight is 388 g/mol. The highest BCUT2D eigenvalue weighted by Crippen LogP contribution is 2.28. The summed E-state index contributed by atoms with van der Waals surface area (Å²) in [6.07, 6.45) is -3.41. The average Bonchev–Trinajstić information content (AvgIpc) is 2.57. The molecule has 1 aliphatic rings. The smallest absolute Gasteiger partial charge is 0.333 e. The molecule has 4 atom stereocenters. The monoisotopic (exact) mass is 388 g/mol. The zero-order valence-electron chi connectivity index (χ0n) is 16.0. The van der Waals surface area contributed by atoms with Crippen LogP contribution in [0.4, 0.5) is 0 Å². The number of carbonyl (C=O) groups excluding carboxylic acids is 3. The molecule has 1 rings (SSSR count). The van der Waals surface area contributed by atoms with Gasteiger partial charge < -0.3 is 24.1 Å². The molecule has 27 heavy (non-hydrogen) atoms. The van der Waals surface area contributed by atoms with Crippen LogP contribution >= 0.6 is 0 Å². The number of carbonyl (C=O) groups is 4. The summed E-state index contributed by atoms with van der Waals surface area (Å²) in [5, 5.41) is 9.29. The molecule has 1 heterocycles. The second kappa shape index (κ2) is 11.5. The highest BCUT2D eigenvalue weighted by atomic mass is 16.7. The zero-order valence-corrected chi connectivity index (χ0v) is 16.0. The molecule has 0 saturated carbocycles. The summed E-state index contributed by atoms with van der Waals surface area (Å²) >= 11 is 0. The molecular weight excluding hydrogens is 360 g/mol. The van der Waals surface area contributed by atoms with Gasteiger partial charge in [0.05, 0.1) is 0 Å². The van der Waals surface area contributed by atoms with Crippen LogP contribution in [0.1, 0.15) is 65.7 Å². The first-order valence-corrected chi connectivity index (χ1v) is 9.28. The Balaban J connectivity index is 3.05. The SMILES string of the molecule is CCCC(=O)O[C@@H]1O[C@H](C(=O)O)C[C@H](OC(=O)CCC)[C@H]1OC(=O)CCC. The van der Waals surface area contributed by atoms with E-state index in [4.69, 9.17) is 18.9 Å². The van der Waals surface area contributed by atoms with Gasteiger partial charge in [-0.3, -0.25) is 14.4 Å². The van der Waals surface area contributed by atoms with Gasteiger partial charge in [-0.2, -0.15) is 0 Å². The minimum Gasteiger partial charge on any atom is -0.479 e. The van der Waals surface area contributed by atoms with E-state index < -0.39 is 48.5 Å². The molecular formula is C18H28O9. The summed E-state index contributed by atoms with van der Waals surface area (Å²) in [6.45, 7) is 5.35. The Bertz CT molecular complexity index is 501. The normalized spacial score (nSPS) is 24.7. The van der Waals surface area contributed by atoms with Gasteiger partial charge >= 0.3 is 23.9 Å². The van der Waals surface area contributed by atoms with Crippen molar-refractivity contribution in [3.05, 3.63) is 0 Å². The standard InChI is InChI=1S/C18H28O9/c1-4-7-13(19)24-11-10-12(17(22)23)25-18(27-15(21)9-6-3)16(11)26-14(20)8-5-2/h11-12,16,18H,4-10H2,1-3H3,(H,22,23)/t11-,12-,16+,18-/m0/s1. The van der Waals surface area contributed by atoms with E-state index >= 15 is 0 Å². The van der Waals surface area contributed by atoms with Gasteiger partial charge in [-0.1, -0.05) is 20.8 Å². The Kier molecular flexibility index (Phi) is 9.77. The predicted molar refractivity (Wildman–Crippen MR) is 91.5 cm³/mol. The van der Waals surface area contributed by atoms with Crippen molar-refractivity contribution >= 4 is 23.9 Å². The fourth-order valence-electron chi connectivity index (χ4n) is 2.56. The molecule has 154 valence electrons. The molecule has 1 saturated heterocycles. The van der Waals surface area contributed by atoms with Gasteiger partial charge in [-0.15, -0.1) is 0 Å². The fraction of sp³-hybridized carbons (Fsp3) is 0.778. The van der Waals surface area contributed by atoms with Gasteiger partial charge in [0.25, 0.3) is 0 Å². The first-order valence-electron chi connectivity index (χ1n) is 9.28. The van der Waals surface area contributed by atoms with Crippen molar-refractivity contribution in [1.29, 1.82) is 0 Å². The lowest BCUT2D eigenvalue weighted by Gasteiger charge is -2.38. The molecule has 0 aromatic carbocycles. The van der Waals surface area contributed by atoms with Crippen LogP contribution in [-0.2, 0) is 38.1 Å². The lowest BCUT2D eigenvalue weighted by atomic mass is 10.0. The van der Waals surface area contributed by atoms with E-state index in [1.54, 1.807) is 20.8 Å². The number of hydrogen-bond acceptors (Lipinski definition) is 8. The highest BCUT2D eigenvalue weighted by Gasteiger charge is 2.47. The van der Waals surface area contributed by atoms with E-state index in [1.165, 1.54) is 0 Å². The van der Waals surface area contributed by atoms with Crippen LogP contribution in [0.3, 0.4) is 0 Å². The van der Waals surface area contributed by atoms with Gasteiger partial charge in [0.15, 0.2) is 6.10 Å². The van der Waals surface area contributed by atoms with E-state index in [0.717, 1.165) is 0 Å². The summed E-state index contributed by atoms with van der Waals surface area (Å²) in [5.74, 6) is -3.04. The maximum Gasteiger partial charge on any atom is 0.333 e. The molecule has 0 unspecified atom stereocenters. The van der Waals surface area contributed by atoms with Crippen LogP contribution in [-0.4, -0.2) is 53.6 Å². The first-order chi connectivity index (χ1) is 12.8. The third-order valence-corrected chi connectivity index (χ3v) is 3.82. The van der Waals surface area contributed by atoms with Gasteiger partial charge in [-0.05, 0) is 19.3 Å². The maximum atomic E-state index is 12.0. The van der Waals surface area contributed by atoms with Crippen LogP contribution in [0, 0.1) is 0 Å². The third kappa shape index (κ3) is 7.54. The Morgan fingerprint density at radius 1 is 0.852 bits per heavy atom. The molecule has 9 nitrogen and oxygen atoms in total. The maximum absolute atomic E-state index is 12.0. The van der Waals surface area contributed by atoms with Crippen molar-refractivity contribution in [2.45, 2.75) is 90.3 Å². The molecule has 0 bridgehead atoms. The topological polar surface area (TPSA) is 125 Å². The quantitative estimate of drug-likeness (QED) is 0.441. The minimum atomic E-state index is -1.46. The van der Waals surface area contributed by atoms with Crippen LogP contribution in [0.2, 0.25) is 0 Å². The summed E-state index contributed by atoms with van der Waals surface area (Å²) in [7, 11) is 0. The van der Waals surface area contributed by atoms with Crippen LogP contribution in [0.25, 0.3) is 0 Å². The molecule has 1 fully saturated rings. The molecule has 0 aromatic heterocycles. The fourth-order valence-corrected chi connectivity index (χ4v) is 2.56. The molecule has 0 spiro atoms. The molecule has 0 radical (unpaired) electrons. The number of rotatable bonds is 10. The van der Waals surface area contributed by atoms with Crippen molar-refractivity contribution in [1.82, 2.24) is 0 Å². The van der Waals surface area contributed by atoms with Crippen LogP contribution in [0.5, 0.6) is 0 Å². The van der Waals surface area contributed by atoms with Crippen molar-refractivity contribution < 1.29 is 43.2 Å². The number of carboxylic acid groups (broad SMARTS) is 1. The van der Waals surface area contributed by atoms with E-state index in [0.29, 0.717) is 19.3 Å². The highest BCUT2D eigenvalue weighted by molar-refractivity contribution is 5.74. The van der Waals surface area contributed by atoms with E-state index in [-0.39, 0.29) is 25.7 Å². The van der Waals surface area contributed by atoms with Crippen molar-refractivity contribution in [3.63, 3.8) is 0 Å². The number of hydrogen-bond donors (Lipinski definition) is 1. The first kappa shape index (κ1) is 22.9.